The third-order valence-electron chi connectivity index (χ3n) is 6.11. The molecule has 0 radical (unpaired) electrons. The second kappa shape index (κ2) is 7.02. The Morgan fingerprint density at radius 1 is 1.00 bits per heavy atom. The van der Waals surface area contributed by atoms with Gasteiger partial charge in [0.05, 0.1) is 12.1 Å². The number of piperidine rings is 1. The largest absolute Gasteiger partial charge is 0.334 e. The second-order valence-corrected chi connectivity index (χ2v) is 8.12. The van der Waals surface area contributed by atoms with Crippen molar-refractivity contribution in [1.82, 2.24) is 14.8 Å². The quantitative estimate of drug-likeness (QED) is 0.703. The Labute approximate surface area is 165 Å². The molecule has 4 heteroatoms. The molecule has 3 aromatic rings. The summed E-state index contributed by atoms with van der Waals surface area (Å²) >= 11 is 0. The number of pyridine rings is 1. The van der Waals surface area contributed by atoms with Gasteiger partial charge in [-0.25, -0.2) is 0 Å². The van der Waals surface area contributed by atoms with Crippen LogP contribution < -0.4 is 0 Å². The monoisotopic (exact) mass is 371 g/mol. The van der Waals surface area contributed by atoms with Gasteiger partial charge in [0.1, 0.15) is 0 Å². The van der Waals surface area contributed by atoms with Crippen molar-refractivity contribution in [2.45, 2.75) is 38.4 Å². The first-order valence-corrected chi connectivity index (χ1v) is 10.1. The van der Waals surface area contributed by atoms with Gasteiger partial charge in [-0.3, -0.25) is 14.7 Å². The molecule has 2 unspecified atom stereocenters. The molecule has 4 heterocycles. The topological polar surface area (TPSA) is 36.4 Å². The highest BCUT2D eigenvalue weighted by Gasteiger charge is 2.46. The maximum absolute atomic E-state index is 13.1. The Morgan fingerprint density at radius 2 is 1.75 bits per heavy atom. The Morgan fingerprint density at radius 3 is 2.57 bits per heavy atom. The molecule has 4 nitrogen and oxygen atoms in total. The van der Waals surface area contributed by atoms with Crippen molar-refractivity contribution in [2.24, 2.45) is 0 Å². The highest BCUT2D eigenvalue weighted by Crippen LogP contribution is 2.34. The van der Waals surface area contributed by atoms with Gasteiger partial charge in [0.25, 0.3) is 0 Å². The number of carbonyl (C=O) groups is 1. The van der Waals surface area contributed by atoms with Crippen LogP contribution in [-0.2, 0) is 17.8 Å². The van der Waals surface area contributed by atoms with Crippen LogP contribution in [0.1, 0.15) is 23.4 Å². The molecule has 2 atom stereocenters. The molecular formula is C24H25N3O. The highest BCUT2D eigenvalue weighted by atomic mass is 16.2. The van der Waals surface area contributed by atoms with E-state index in [-0.39, 0.29) is 5.91 Å². The maximum atomic E-state index is 13.1. The molecule has 3 saturated heterocycles. The van der Waals surface area contributed by atoms with Gasteiger partial charge in [-0.15, -0.1) is 0 Å². The third-order valence-corrected chi connectivity index (χ3v) is 6.11. The molecule has 2 bridgehead atoms. The average Bonchev–Trinajstić information content (AvgIpc) is 2.68. The molecule has 28 heavy (non-hydrogen) atoms. The van der Waals surface area contributed by atoms with E-state index in [0.29, 0.717) is 18.5 Å². The van der Waals surface area contributed by atoms with Crippen LogP contribution >= 0.6 is 0 Å². The second-order valence-electron chi connectivity index (χ2n) is 8.12. The normalized spacial score (nSPS) is 21.5. The van der Waals surface area contributed by atoms with Gasteiger partial charge in [-0.1, -0.05) is 48.5 Å². The van der Waals surface area contributed by atoms with E-state index >= 15 is 0 Å². The van der Waals surface area contributed by atoms with Gasteiger partial charge in [0.2, 0.25) is 5.91 Å². The van der Waals surface area contributed by atoms with Crippen molar-refractivity contribution < 1.29 is 4.79 Å². The SMILES string of the molecule is Cc1cccc(CN2CC3CC(C2)N3C(=O)Cc2cccc3ccccc23)n1. The lowest BCUT2D eigenvalue weighted by Gasteiger charge is -2.56. The number of carbonyl (C=O) groups excluding carboxylic acids is 1. The molecule has 2 aromatic carbocycles. The predicted molar refractivity (Wildman–Crippen MR) is 111 cm³/mol. The van der Waals surface area contributed by atoms with E-state index in [1.165, 1.54) is 10.8 Å². The number of aryl methyl sites for hydroxylation is 1. The number of hydrogen-bond donors (Lipinski definition) is 0. The highest BCUT2D eigenvalue weighted by molar-refractivity contribution is 5.90. The molecule has 6 rings (SSSR count). The molecule has 3 fully saturated rings. The Hall–Kier alpha value is -2.72. The summed E-state index contributed by atoms with van der Waals surface area (Å²) in [5.41, 5.74) is 3.32. The maximum Gasteiger partial charge on any atom is 0.227 e. The number of rotatable bonds is 4. The van der Waals surface area contributed by atoms with Crippen molar-refractivity contribution in [3.8, 4) is 0 Å². The van der Waals surface area contributed by atoms with Crippen molar-refractivity contribution >= 4 is 16.7 Å². The van der Waals surface area contributed by atoms with Crippen molar-refractivity contribution in [2.75, 3.05) is 13.1 Å². The standard InChI is InChI=1S/C24H25N3O/c1-17-6-4-10-20(25-17)14-26-15-21-13-22(16-26)27(21)24(28)12-19-9-5-8-18-7-2-3-11-23(18)19/h2-11,21-22H,12-16H2,1H3. The van der Waals surface area contributed by atoms with Crippen LogP contribution in [0.3, 0.4) is 0 Å². The fourth-order valence-electron chi connectivity index (χ4n) is 4.85. The summed E-state index contributed by atoms with van der Waals surface area (Å²) in [6, 6.07) is 21.5. The van der Waals surface area contributed by atoms with E-state index < -0.39 is 0 Å². The van der Waals surface area contributed by atoms with Crippen LogP contribution in [-0.4, -0.2) is 45.9 Å². The molecule has 3 aliphatic heterocycles. The van der Waals surface area contributed by atoms with E-state index in [1.807, 2.05) is 25.1 Å². The van der Waals surface area contributed by atoms with Crippen LogP contribution in [0.5, 0.6) is 0 Å². The number of benzene rings is 2. The Kier molecular flexibility index (Phi) is 4.36. The van der Waals surface area contributed by atoms with Crippen LogP contribution in [0.15, 0.2) is 60.7 Å². The molecule has 0 N–H and O–H groups in total. The number of hydrogen-bond acceptors (Lipinski definition) is 3. The lowest BCUT2D eigenvalue weighted by molar-refractivity contribution is -0.153. The number of aromatic nitrogens is 1. The molecular weight excluding hydrogens is 346 g/mol. The van der Waals surface area contributed by atoms with Crippen LogP contribution in [0.4, 0.5) is 0 Å². The van der Waals surface area contributed by atoms with E-state index in [4.69, 9.17) is 0 Å². The summed E-state index contributed by atoms with van der Waals surface area (Å²) in [4.78, 5) is 22.3. The molecule has 3 aliphatic rings. The summed E-state index contributed by atoms with van der Waals surface area (Å²) in [6.07, 6.45) is 1.63. The zero-order valence-electron chi connectivity index (χ0n) is 16.2. The van der Waals surface area contributed by atoms with Crippen molar-refractivity contribution in [3.63, 3.8) is 0 Å². The summed E-state index contributed by atoms with van der Waals surface area (Å²) in [5, 5.41) is 2.39. The summed E-state index contributed by atoms with van der Waals surface area (Å²) in [5.74, 6) is 0.269. The number of piperazine rings is 1. The molecule has 0 spiro atoms. The lowest BCUT2D eigenvalue weighted by Crippen LogP contribution is -2.70. The van der Waals surface area contributed by atoms with Crippen LogP contribution in [0.2, 0.25) is 0 Å². The lowest BCUT2D eigenvalue weighted by atomic mass is 9.86. The fourth-order valence-corrected chi connectivity index (χ4v) is 4.85. The zero-order chi connectivity index (χ0) is 19.1. The molecule has 1 aromatic heterocycles. The van der Waals surface area contributed by atoms with Crippen LogP contribution in [0.25, 0.3) is 10.8 Å². The molecule has 1 amide bonds. The first-order chi connectivity index (χ1) is 13.7. The third kappa shape index (κ3) is 3.18. The van der Waals surface area contributed by atoms with Gasteiger partial charge >= 0.3 is 0 Å². The molecule has 142 valence electrons. The molecule has 0 saturated carbocycles. The number of fused-ring (bicyclic) bond motifs is 3. The first-order valence-electron chi connectivity index (χ1n) is 10.1. The predicted octanol–water partition coefficient (Wildman–Crippen LogP) is 3.57. The van der Waals surface area contributed by atoms with Crippen molar-refractivity contribution in [3.05, 3.63) is 77.6 Å². The zero-order valence-corrected chi connectivity index (χ0v) is 16.2. The Bertz CT molecular complexity index is 1010. The van der Waals surface area contributed by atoms with E-state index in [0.717, 1.165) is 43.0 Å². The Balaban J connectivity index is 1.26. The number of nitrogens with zero attached hydrogens (tertiary/aromatic N) is 3. The minimum absolute atomic E-state index is 0.269. The average molecular weight is 371 g/mol. The smallest absolute Gasteiger partial charge is 0.227 e. The van der Waals surface area contributed by atoms with E-state index in [9.17, 15) is 4.79 Å². The summed E-state index contributed by atoms with van der Waals surface area (Å²) in [6.45, 7) is 4.81. The minimum Gasteiger partial charge on any atom is -0.334 e. The van der Waals surface area contributed by atoms with E-state index in [2.05, 4.69) is 57.2 Å². The van der Waals surface area contributed by atoms with Gasteiger partial charge in [0, 0.05) is 37.4 Å². The number of amides is 1. The first kappa shape index (κ1) is 17.4. The van der Waals surface area contributed by atoms with Gasteiger partial charge in [0.15, 0.2) is 0 Å². The summed E-state index contributed by atoms with van der Waals surface area (Å²) < 4.78 is 0. The van der Waals surface area contributed by atoms with Gasteiger partial charge in [-0.2, -0.15) is 0 Å². The van der Waals surface area contributed by atoms with Crippen LogP contribution in [0, 0.1) is 6.92 Å². The molecule has 0 aliphatic carbocycles. The fraction of sp³-hybridized carbons (Fsp3) is 0.333. The minimum atomic E-state index is 0.269. The van der Waals surface area contributed by atoms with Crippen molar-refractivity contribution in [1.29, 1.82) is 0 Å². The summed E-state index contributed by atoms with van der Waals surface area (Å²) in [7, 11) is 0. The van der Waals surface area contributed by atoms with E-state index in [1.54, 1.807) is 0 Å². The van der Waals surface area contributed by atoms with Gasteiger partial charge < -0.3 is 4.90 Å². The van der Waals surface area contributed by atoms with Gasteiger partial charge in [-0.05, 0) is 41.8 Å².